The number of amides is 1. The Morgan fingerprint density at radius 2 is 1.64 bits per heavy atom. The fraction of sp³-hybridized carbons (Fsp3) is 0.474. The number of para-hydroxylation sites is 1. The Balaban J connectivity index is 1.59. The molecule has 0 bridgehead atoms. The van der Waals surface area contributed by atoms with Crippen molar-refractivity contribution in [1.29, 1.82) is 0 Å². The number of aryl methyl sites for hydroxylation is 1. The molecule has 1 amide bonds. The van der Waals surface area contributed by atoms with Crippen LogP contribution in [0.15, 0.2) is 24.3 Å². The average Bonchev–Trinajstić information content (AvgIpc) is 2.92. The number of hydrogen-bond donors (Lipinski definition) is 1. The molecule has 1 aliphatic rings. The highest BCUT2D eigenvalue weighted by atomic mass is 16.2. The lowest BCUT2D eigenvalue weighted by atomic mass is 10.1. The summed E-state index contributed by atoms with van der Waals surface area (Å²) in [5.74, 6) is 0.284. The van der Waals surface area contributed by atoms with Crippen LogP contribution in [0.25, 0.3) is 10.9 Å². The maximum atomic E-state index is 12.8. The molecular weight excluding hydrogens is 316 g/mol. The predicted molar refractivity (Wildman–Crippen MR) is 98.9 cm³/mol. The monoisotopic (exact) mass is 342 g/mol. The van der Waals surface area contributed by atoms with Gasteiger partial charge in [-0.3, -0.25) is 19.4 Å². The molecule has 2 heterocycles. The third-order valence-corrected chi connectivity index (χ3v) is 4.86. The first-order valence-electron chi connectivity index (χ1n) is 8.71. The van der Waals surface area contributed by atoms with E-state index in [1.165, 1.54) is 0 Å². The molecule has 0 spiro atoms. The number of nitrogens with one attached hydrogen (secondary N) is 1. The molecule has 6 nitrogen and oxygen atoms in total. The Labute approximate surface area is 148 Å². The minimum Gasteiger partial charge on any atom is -0.358 e. The summed E-state index contributed by atoms with van der Waals surface area (Å²) in [7, 11) is 3.56. The van der Waals surface area contributed by atoms with Crippen molar-refractivity contribution < 1.29 is 9.59 Å². The number of nitrogens with zero attached hydrogens (tertiary/aromatic N) is 3. The minimum absolute atomic E-state index is 0.124. The number of hydrogen-bond acceptors (Lipinski definition) is 4. The van der Waals surface area contributed by atoms with Gasteiger partial charge in [0.05, 0.1) is 13.1 Å². The molecule has 1 N–H and O–H groups in total. The molecule has 1 aromatic carbocycles. The van der Waals surface area contributed by atoms with E-state index in [1.807, 2.05) is 31.2 Å². The summed E-state index contributed by atoms with van der Waals surface area (Å²) in [6.07, 6.45) is 0. The lowest BCUT2D eigenvalue weighted by Crippen LogP contribution is -2.50. The standard InChI is InChI=1S/C19H26N4O2/c1-14-19(15-6-4-5-7-16(15)20-14)17(24)12-22-8-10-23(11-9-22)13-18(25)21(2)3/h4-7,20H,8-13H2,1-3H3. The molecule has 0 aliphatic carbocycles. The van der Waals surface area contributed by atoms with Crippen LogP contribution in [0.3, 0.4) is 0 Å². The number of H-pyrrole nitrogens is 1. The SMILES string of the molecule is Cc1[nH]c2ccccc2c1C(=O)CN1CCN(CC(=O)N(C)C)CC1. The summed E-state index contributed by atoms with van der Waals surface area (Å²) in [6, 6.07) is 7.93. The zero-order valence-corrected chi connectivity index (χ0v) is 15.2. The van der Waals surface area contributed by atoms with E-state index in [0.29, 0.717) is 13.1 Å². The topological polar surface area (TPSA) is 59.7 Å². The quantitative estimate of drug-likeness (QED) is 0.834. The zero-order chi connectivity index (χ0) is 18.0. The van der Waals surface area contributed by atoms with Crippen LogP contribution in [0.2, 0.25) is 0 Å². The second kappa shape index (κ2) is 7.37. The van der Waals surface area contributed by atoms with E-state index in [2.05, 4.69) is 14.8 Å². The van der Waals surface area contributed by atoms with Crippen molar-refractivity contribution in [3.05, 3.63) is 35.5 Å². The molecule has 1 aromatic heterocycles. The van der Waals surface area contributed by atoms with Gasteiger partial charge in [-0.25, -0.2) is 0 Å². The molecule has 25 heavy (non-hydrogen) atoms. The number of fused-ring (bicyclic) bond motifs is 1. The summed E-state index contributed by atoms with van der Waals surface area (Å²) in [6.45, 7) is 6.10. The number of Topliss-reactive ketones (excluding diaryl/α,β-unsaturated/α-hetero) is 1. The molecule has 0 atom stereocenters. The van der Waals surface area contributed by atoms with Gasteiger partial charge in [0.15, 0.2) is 5.78 Å². The van der Waals surface area contributed by atoms with Gasteiger partial charge in [0.25, 0.3) is 0 Å². The smallest absolute Gasteiger partial charge is 0.236 e. The molecule has 1 saturated heterocycles. The van der Waals surface area contributed by atoms with Crippen LogP contribution < -0.4 is 0 Å². The van der Waals surface area contributed by atoms with Crippen molar-refractivity contribution in [2.45, 2.75) is 6.92 Å². The minimum atomic E-state index is 0.124. The van der Waals surface area contributed by atoms with E-state index < -0.39 is 0 Å². The van der Waals surface area contributed by atoms with E-state index in [0.717, 1.165) is 48.3 Å². The van der Waals surface area contributed by atoms with Crippen molar-refractivity contribution in [3.8, 4) is 0 Å². The Hall–Kier alpha value is -2.18. The molecular formula is C19H26N4O2. The van der Waals surface area contributed by atoms with Gasteiger partial charge in [-0.15, -0.1) is 0 Å². The molecule has 1 aliphatic heterocycles. The van der Waals surface area contributed by atoms with E-state index >= 15 is 0 Å². The van der Waals surface area contributed by atoms with Gasteiger partial charge in [-0.2, -0.15) is 0 Å². The van der Waals surface area contributed by atoms with E-state index in [9.17, 15) is 9.59 Å². The number of benzene rings is 1. The average molecular weight is 342 g/mol. The Morgan fingerprint density at radius 3 is 2.28 bits per heavy atom. The largest absolute Gasteiger partial charge is 0.358 e. The third-order valence-electron chi connectivity index (χ3n) is 4.86. The summed E-state index contributed by atoms with van der Waals surface area (Å²) in [5.41, 5.74) is 2.75. The van der Waals surface area contributed by atoms with Gasteiger partial charge in [-0.05, 0) is 13.0 Å². The predicted octanol–water partition coefficient (Wildman–Crippen LogP) is 1.36. The zero-order valence-electron chi connectivity index (χ0n) is 15.2. The number of carbonyl (C=O) groups excluding carboxylic acids is 2. The number of rotatable bonds is 5. The number of piperazine rings is 1. The Kier molecular flexibility index (Phi) is 5.20. The van der Waals surface area contributed by atoms with Gasteiger partial charge in [0.2, 0.25) is 5.91 Å². The van der Waals surface area contributed by atoms with Crippen molar-refractivity contribution in [2.24, 2.45) is 0 Å². The Morgan fingerprint density at radius 1 is 1.04 bits per heavy atom. The lowest BCUT2D eigenvalue weighted by molar-refractivity contribution is -0.130. The van der Waals surface area contributed by atoms with Gasteiger partial charge >= 0.3 is 0 Å². The van der Waals surface area contributed by atoms with E-state index in [4.69, 9.17) is 0 Å². The molecule has 3 rings (SSSR count). The molecule has 0 unspecified atom stereocenters. The van der Waals surface area contributed by atoms with E-state index in [1.54, 1.807) is 19.0 Å². The highest BCUT2D eigenvalue weighted by Crippen LogP contribution is 2.22. The molecule has 134 valence electrons. The first-order chi connectivity index (χ1) is 12.0. The van der Waals surface area contributed by atoms with E-state index in [-0.39, 0.29) is 11.7 Å². The summed E-state index contributed by atoms with van der Waals surface area (Å²) in [5, 5.41) is 1.00. The number of ketones is 1. The fourth-order valence-corrected chi connectivity index (χ4v) is 3.36. The van der Waals surface area contributed by atoms with Crippen LogP contribution in [0.5, 0.6) is 0 Å². The van der Waals surface area contributed by atoms with Crippen molar-refractivity contribution in [2.75, 3.05) is 53.4 Å². The van der Waals surface area contributed by atoms with Crippen LogP contribution in [-0.2, 0) is 4.79 Å². The molecule has 6 heteroatoms. The van der Waals surface area contributed by atoms with Crippen molar-refractivity contribution in [1.82, 2.24) is 19.7 Å². The normalized spacial score (nSPS) is 16.3. The second-order valence-electron chi connectivity index (χ2n) is 6.93. The number of carbonyl (C=O) groups is 2. The first kappa shape index (κ1) is 17.6. The van der Waals surface area contributed by atoms with Crippen molar-refractivity contribution >= 4 is 22.6 Å². The number of aromatic amines is 1. The van der Waals surface area contributed by atoms with Gasteiger partial charge in [0, 0.05) is 62.4 Å². The number of aromatic nitrogens is 1. The third kappa shape index (κ3) is 3.91. The first-order valence-corrected chi connectivity index (χ1v) is 8.71. The number of likely N-dealkylation sites (N-methyl/N-ethyl adjacent to an activating group) is 1. The van der Waals surface area contributed by atoms with Gasteiger partial charge < -0.3 is 9.88 Å². The summed E-state index contributed by atoms with van der Waals surface area (Å²) in [4.78, 5) is 33.9. The van der Waals surface area contributed by atoms with Crippen LogP contribution in [0, 0.1) is 6.92 Å². The maximum absolute atomic E-state index is 12.8. The molecule has 0 radical (unpaired) electrons. The highest BCUT2D eigenvalue weighted by Gasteiger charge is 2.23. The highest BCUT2D eigenvalue weighted by molar-refractivity contribution is 6.10. The van der Waals surface area contributed by atoms with Crippen LogP contribution in [-0.4, -0.2) is 84.7 Å². The molecule has 2 aromatic rings. The molecule has 1 fully saturated rings. The summed E-state index contributed by atoms with van der Waals surface area (Å²) < 4.78 is 0. The summed E-state index contributed by atoms with van der Waals surface area (Å²) >= 11 is 0. The van der Waals surface area contributed by atoms with Crippen LogP contribution >= 0.6 is 0 Å². The molecule has 0 saturated carbocycles. The van der Waals surface area contributed by atoms with Crippen molar-refractivity contribution in [3.63, 3.8) is 0 Å². The second-order valence-corrected chi connectivity index (χ2v) is 6.93. The van der Waals surface area contributed by atoms with Crippen LogP contribution in [0.4, 0.5) is 0 Å². The van der Waals surface area contributed by atoms with Crippen LogP contribution in [0.1, 0.15) is 16.1 Å². The fourth-order valence-electron chi connectivity index (χ4n) is 3.36. The lowest BCUT2D eigenvalue weighted by Gasteiger charge is -2.34. The Bertz CT molecular complexity index is 773. The maximum Gasteiger partial charge on any atom is 0.236 e. The van der Waals surface area contributed by atoms with Gasteiger partial charge in [-0.1, -0.05) is 18.2 Å². The van der Waals surface area contributed by atoms with Gasteiger partial charge in [0.1, 0.15) is 0 Å².